The van der Waals surface area contributed by atoms with Crippen LogP contribution >= 0.6 is 23.4 Å². The Morgan fingerprint density at radius 2 is 1.95 bits per heavy atom. The van der Waals surface area contributed by atoms with E-state index in [-0.39, 0.29) is 18.9 Å². The molecule has 1 atom stereocenters. The highest BCUT2D eigenvalue weighted by atomic mass is 35.5. The van der Waals surface area contributed by atoms with E-state index < -0.39 is 12.1 Å². The van der Waals surface area contributed by atoms with Crippen molar-refractivity contribution in [2.45, 2.75) is 17.4 Å². The van der Waals surface area contributed by atoms with E-state index in [1.54, 1.807) is 12.1 Å². The fraction of sp³-hybridized carbons (Fsp3) is 0.333. The fourth-order valence-corrected chi connectivity index (χ4v) is 2.16. The van der Waals surface area contributed by atoms with Gasteiger partial charge in [-0.25, -0.2) is 4.79 Å². The van der Waals surface area contributed by atoms with Crippen molar-refractivity contribution < 1.29 is 19.8 Å². The Morgan fingerprint density at radius 1 is 1.32 bits per heavy atom. The summed E-state index contributed by atoms with van der Waals surface area (Å²) >= 11 is 7.25. The normalized spacial score (nSPS) is 11.9. The highest BCUT2D eigenvalue weighted by Gasteiger charge is 2.13. The third-order valence-electron chi connectivity index (χ3n) is 2.19. The molecule has 1 aromatic carbocycles. The Labute approximate surface area is 120 Å². The second kappa shape index (κ2) is 8.04. The van der Waals surface area contributed by atoms with Crippen molar-refractivity contribution in [3.05, 3.63) is 29.3 Å². The third-order valence-corrected chi connectivity index (χ3v) is 3.45. The van der Waals surface area contributed by atoms with Gasteiger partial charge in [0.15, 0.2) is 6.10 Å². The lowest BCUT2D eigenvalue weighted by atomic mass is 10.3. The summed E-state index contributed by atoms with van der Waals surface area (Å²) < 4.78 is 0. The van der Waals surface area contributed by atoms with Crippen LogP contribution in [0.4, 0.5) is 0 Å². The number of carbonyl (C=O) groups excluding carboxylic acids is 1. The SMILES string of the molecule is O=C(CCSc1ccc(Cl)cc1)NCC(O)C(=O)O. The molecule has 5 nitrogen and oxygen atoms in total. The molecule has 19 heavy (non-hydrogen) atoms. The number of carboxylic acids is 1. The summed E-state index contributed by atoms with van der Waals surface area (Å²) in [5.74, 6) is -1.08. The van der Waals surface area contributed by atoms with Crippen molar-refractivity contribution in [3.63, 3.8) is 0 Å². The van der Waals surface area contributed by atoms with Gasteiger partial charge in [0.05, 0.1) is 6.54 Å². The number of benzene rings is 1. The van der Waals surface area contributed by atoms with Gasteiger partial charge in [-0.1, -0.05) is 11.6 Å². The Kier molecular flexibility index (Phi) is 6.69. The molecule has 3 N–H and O–H groups in total. The molecule has 0 aliphatic carbocycles. The maximum Gasteiger partial charge on any atom is 0.334 e. The number of thioether (sulfide) groups is 1. The molecule has 0 aliphatic heterocycles. The number of carboxylic acid groups (broad SMARTS) is 1. The molecule has 1 unspecified atom stereocenters. The van der Waals surface area contributed by atoms with Crippen LogP contribution in [0.15, 0.2) is 29.2 Å². The monoisotopic (exact) mass is 303 g/mol. The summed E-state index contributed by atoms with van der Waals surface area (Å²) in [7, 11) is 0. The van der Waals surface area contributed by atoms with E-state index in [9.17, 15) is 9.59 Å². The van der Waals surface area contributed by atoms with Crippen LogP contribution in [0.5, 0.6) is 0 Å². The molecule has 1 aromatic rings. The zero-order valence-electron chi connectivity index (χ0n) is 10.0. The van der Waals surface area contributed by atoms with Crippen LogP contribution in [0.2, 0.25) is 5.02 Å². The number of aliphatic carboxylic acids is 1. The minimum atomic E-state index is -1.56. The lowest BCUT2D eigenvalue weighted by Gasteiger charge is -2.07. The van der Waals surface area contributed by atoms with Gasteiger partial charge in [-0.15, -0.1) is 11.8 Å². The average molecular weight is 304 g/mol. The zero-order chi connectivity index (χ0) is 14.3. The summed E-state index contributed by atoms with van der Waals surface area (Å²) in [6.07, 6.45) is -1.31. The Morgan fingerprint density at radius 3 is 2.53 bits per heavy atom. The number of aliphatic hydroxyl groups is 1. The van der Waals surface area contributed by atoms with E-state index >= 15 is 0 Å². The molecule has 0 fully saturated rings. The molecular weight excluding hydrogens is 290 g/mol. The summed E-state index contributed by atoms with van der Waals surface area (Å²) in [6, 6.07) is 7.26. The number of hydrogen-bond donors (Lipinski definition) is 3. The molecule has 0 saturated carbocycles. The highest BCUT2D eigenvalue weighted by molar-refractivity contribution is 7.99. The van der Waals surface area contributed by atoms with Gasteiger partial charge in [0, 0.05) is 22.1 Å². The number of amides is 1. The first-order valence-corrected chi connectivity index (χ1v) is 6.91. The lowest BCUT2D eigenvalue weighted by Crippen LogP contribution is -2.36. The molecule has 104 valence electrons. The fourth-order valence-electron chi connectivity index (χ4n) is 1.18. The van der Waals surface area contributed by atoms with Crippen molar-refractivity contribution >= 4 is 35.2 Å². The van der Waals surface area contributed by atoms with Crippen LogP contribution in [0.1, 0.15) is 6.42 Å². The predicted molar refractivity (Wildman–Crippen MR) is 73.4 cm³/mol. The minimum Gasteiger partial charge on any atom is -0.479 e. The van der Waals surface area contributed by atoms with Crippen molar-refractivity contribution in [3.8, 4) is 0 Å². The number of hydrogen-bond acceptors (Lipinski definition) is 4. The van der Waals surface area contributed by atoms with Crippen LogP contribution in [0, 0.1) is 0 Å². The van der Waals surface area contributed by atoms with E-state index in [2.05, 4.69) is 5.32 Å². The van der Waals surface area contributed by atoms with E-state index in [1.807, 2.05) is 12.1 Å². The summed E-state index contributed by atoms with van der Waals surface area (Å²) in [5, 5.41) is 20.4. The van der Waals surface area contributed by atoms with Crippen molar-refractivity contribution in [1.29, 1.82) is 0 Å². The molecule has 1 rings (SSSR count). The Balaban J connectivity index is 2.20. The number of aliphatic hydroxyl groups excluding tert-OH is 1. The van der Waals surface area contributed by atoms with Gasteiger partial charge in [0.25, 0.3) is 0 Å². The van der Waals surface area contributed by atoms with Crippen LogP contribution in [0.25, 0.3) is 0 Å². The smallest absolute Gasteiger partial charge is 0.334 e. The number of rotatable bonds is 7. The predicted octanol–water partition coefficient (Wildman–Crippen LogP) is 1.38. The van der Waals surface area contributed by atoms with Crippen LogP contribution < -0.4 is 5.32 Å². The number of halogens is 1. The molecule has 0 aromatic heterocycles. The van der Waals surface area contributed by atoms with Gasteiger partial charge in [-0.2, -0.15) is 0 Å². The van der Waals surface area contributed by atoms with Gasteiger partial charge in [0.1, 0.15) is 0 Å². The van der Waals surface area contributed by atoms with Gasteiger partial charge >= 0.3 is 5.97 Å². The van der Waals surface area contributed by atoms with Crippen molar-refractivity contribution in [1.82, 2.24) is 5.32 Å². The standard InChI is InChI=1S/C12H14ClNO4S/c13-8-1-3-9(4-2-8)19-6-5-11(16)14-7-10(15)12(17)18/h1-4,10,15H,5-7H2,(H,14,16)(H,17,18). The first-order chi connectivity index (χ1) is 8.99. The highest BCUT2D eigenvalue weighted by Crippen LogP contribution is 2.20. The van der Waals surface area contributed by atoms with E-state index in [1.165, 1.54) is 11.8 Å². The number of nitrogens with one attached hydrogen (secondary N) is 1. The average Bonchev–Trinajstić information content (AvgIpc) is 2.38. The molecular formula is C12H14ClNO4S. The first kappa shape index (κ1) is 15.8. The minimum absolute atomic E-state index is 0.250. The van der Waals surface area contributed by atoms with Gasteiger partial charge in [-0.3, -0.25) is 4.79 Å². The van der Waals surface area contributed by atoms with Crippen molar-refractivity contribution in [2.75, 3.05) is 12.3 Å². The molecule has 0 aliphatic rings. The largest absolute Gasteiger partial charge is 0.479 e. The second-order valence-electron chi connectivity index (χ2n) is 3.71. The quantitative estimate of drug-likeness (QED) is 0.663. The summed E-state index contributed by atoms with van der Waals surface area (Å²) in [5.41, 5.74) is 0. The van der Waals surface area contributed by atoms with Crippen LogP contribution in [-0.4, -0.2) is 40.5 Å². The molecule has 0 bridgehead atoms. The second-order valence-corrected chi connectivity index (χ2v) is 5.32. The van der Waals surface area contributed by atoms with Gasteiger partial charge in [0.2, 0.25) is 5.91 Å². The molecule has 1 amide bonds. The number of carbonyl (C=O) groups is 2. The molecule has 0 heterocycles. The topological polar surface area (TPSA) is 86.6 Å². The molecule has 0 spiro atoms. The maximum atomic E-state index is 11.4. The first-order valence-electron chi connectivity index (χ1n) is 5.55. The lowest BCUT2D eigenvalue weighted by molar-refractivity contribution is -0.146. The van der Waals surface area contributed by atoms with Gasteiger partial charge < -0.3 is 15.5 Å². The molecule has 7 heteroatoms. The Hall–Kier alpha value is -1.24. The summed E-state index contributed by atoms with van der Waals surface area (Å²) in [6.45, 7) is -0.278. The zero-order valence-corrected chi connectivity index (χ0v) is 11.6. The van der Waals surface area contributed by atoms with Gasteiger partial charge in [-0.05, 0) is 24.3 Å². The van der Waals surface area contributed by atoms with Crippen LogP contribution in [0.3, 0.4) is 0 Å². The maximum absolute atomic E-state index is 11.4. The van der Waals surface area contributed by atoms with E-state index in [4.69, 9.17) is 21.8 Å². The molecule has 0 radical (unpaired) electrons. The van der Waals surface area contributed by atoms with E-state index in [0.29, 0.717) is 10.8 Å². The van der Waals surface area contributed by atoms with Crippen LogP contribution in [-0.2, 0) is 9.59 Å². The molecule has 0 saturated heterocycles. The Bertz CT molecular complexity index is 438. The summed E-state index contributed by atoms with van der Waals surface area (Å²) in [4.78, 5) is 22.7. The van der Waals surface area contributed by atoms with Crippen molar-refractivity contribution in [2.24, 2.45) is 0 Å². The third kappa shape index (κ3) is 6.47. The van der Waals surface area contributed by atoms with E-state index in [0.717, 1.165) is 4.90 Å².